The van der Waals surface area contributed by atoms with Crippen LogP contribution in [0.3, 0.4) is 0 Å². The van der Waals surface area contributed by atoms with Crippen LogP contribution < -0.4 is 5.32 Å². The number of nitrogens with zero attached hydrogens (tertiary/aromatic N) is 3. The van der Waals surface area contributed by atoms with Gasteiger partial charge in [0.25, 0.3) is 11.6 Å². The van der Waals surface area contributed by atoms with E-state index in [1.807, 2.05) is 42.3 Å². The molecular formula is C31H37N5O5. The number of carbonyl (C=O) groups excluding carboxylic acids is 3. The smallest absolute Gasteiger partial charge is 0.269 e. The van der Waals surface area contributed by atoms with Crippen LogP contribution >= 0.6 is 0 Å². The maximum atomic E-state index is 14.3. The number of nitro groups is 1. The number of nitrogens with one attached hydrogen (secondary N) is 2. The van der Waals surface area contributed by atoms with Crippen molar-refractivity contribution < 1.29 is 19.3 Å². The van der Waals surface area contributed by atoms with Crippen LogP contribution in [0.4, 0.5) is 5.69 Å². The van der Waals surface area contributed by atoms with Crippen molar-refractivity contribution in [2.75, 3.05) is 19.6 Å². The number of unbranched alkanes of at least 4 members (excludes halogenated alkanes) is 1. The van der Waals surface area contributed by atoms with Gasteiger partial charge in [0.1, 0.15) is 6.04 Å². The summed E-state index contributed by atoms with van der Waals surface area (Å²) in [7, 11) is 0. The third-order valence-corrected chi connectivity index (χ3v) is 8.33. The van der Waals surface area contributed by atoms with Crippen LogP contribution in [0.25, 0.3) is 10.9 Å². The topological polar surface area (TPSA) is 129 Å². The molecule has 1 aliphatic carbocycles. The first-order valence-corrected chi connectivity index (χ1v) is 14.5. The number of aromatic nitrogens is 1. The molecule has 10 heteroatoms. The minimum Gasteiger partial charge on any atom is -0.361 e. The van der Waals surface area contributed by atoms with Crippen molar-refractivity contribution in [3.63, 3.8) is 0 Å². The van der Waals surface area contributed by atoms with Crippen LogP contribution in [0.15, 0.2) is 54.7 Å². The summed E-state index contributed by atoms with van der Waals surface area (Å²) in [6.45, 7) is 5.34. The summed E-state index contributed by atoms with van der Waals surface area (Å²) in [6, 6.07) is 12.3. The largest absolute Gasteiger partial charge is 0.361 e. The highest BCUT2D eigenvalue weighted by atomic mass is 16.6. The molecule has 1 aromatic heterocycles. The summed E-state index contributed by atoms with van der Waals surface area (Å²) in [5.41, 5.74) is 2.06. The van der Waals surface area contributed by atoms with E-state index in [-0.39, 0.29) is 40.9 Å². The lowest BCUT2D eigenvalue weighted by Crippen LogP contribution is -2.60. The normalized spacial score (nSPS) is 18.6. The number of H-pyrrole nitrogens is 1. The zero-order valence-corrected chi connectivity index (χ0v) is 23.5. The Morgan fingerprint density at radius 2 is 1.83 bits per heavy atom. The molecule has 3 atom stereocenters. The van der Waals surface area contributed by atoms with Crippen molar-refractivity contribution in [3.8, 4) is 0 Å². The van der Waals surface area contributed by atoms with Gasteiger partial charge in [0.15, 0.2) is 0 Å². The Morgan fingerprint density at radius 1 is 1.10 bits per heavy atom. The molecule has 41 heavy (non-hydrogen) atoms. The van der Waals surface area contributed by atoms with E-state index in [9.17, 15) is 24.5 Å². The highest BCUT2D eigenvalue weighted by Crippen LogP contribution is 2.35. The first-order chi connectivity index (χ1) is 19.8. The molecule has 0 bridgehead atoms. The van der Waals surface area contributed by atoms with E-state index >= 15 is 0 Å². The predicted octanol–water partition coefficient (Wildman–Crippen LogP) is 4.62. The van der Waals surface area contributed by atoms with Gasteiger partial charge in [0, 0.05) is 72.3 Å². The van der Waals surface area contributed by atoms with E-state index in [1.165, 1.54) is 24.3 Å². The van der Waals surface area contributed by atoms with Crippen molar-refractivity contribution in [1.29, 1.82) is 0 Å². The Balaban J connectivity index is 1.46. The van der Waals surface area contributed by atoms with Crippen molar-refractivity contribution in [1.82, 2.24) is 20.1 Å². The highest BCUT2D eigenvalue weighted by molar-refractivity contribution is 5.98. The maximum Gasteiger partial charge on any atom is 0.269 e. The number of para-hydroxylation sites is 1. The summed E-state index contributed by atoms with van der Waals surface area (Å²) in [4.78, 5) is 58.2. The van der Waals surface area contributed by atoms with Gasteiger partial charge in [-0.15, -0.1) is 0 Å². The Kier molecular flexibility index (Phi) is 8.37. The molecule has 2 aromatic carbocycles. The number of nitro benzene ring substituents is 1. The molecule has 2 N–H and O–H groups in total. The number of non-ortho nitro benzene ring substituents is 1. The van der Waals surface area contributed by atoms with Gasteiger partial charge in [-0.3, -0.25) is 24.5 Å². The van der Waals surface area contributed by atoms with Gasteiger partial charge in [0.2, 0.25) is 11.8 Å². The molecular weight excluding hydrogens is 522 g/mol. The van der Waals surface area contributed by atoms with Gasteiger partial charge in [-0.05, 0) is 49.9 Å². The first kappa shape index (κ1) is 28.3. The number of piperazine rings is 1. The van der Waals surface area contributed by atoms with Crippen molar-refractivity contribution >= 4 is 34.3 Å². The lowest BCUT2D eigenvalue weighted by molar-refractivity contribution is -0.384. The van der Waals surface area contributed by atoms with Crippen LogP contribution in [0, 0.1) is 16.0 Å². The van der Waals surface area contributed by atoms with Crippen LogP contribution in [0.1, 0.15) is 67.8 Å². The Hall–Kier alpha value is -4.21. The molecule has 10 nitrogen and oxygen atoms in total. The van der Waals surface area contributed by atoms with Crippen molar-refractivity contribution in [3.05, 3.63) is 76.0 Å². The summed E-state index contributed by atoms with van der Waals surface area (Å²) in [5.74, 6) is -0.657. The van der Waals surface area contributed by atoms with E-state index in [1.54, 1.807) is 4.90 Å². The molecule has 3 aromatic rings. The van der Waals surface area contributed by atoms with E-state index in [2.05, 4.69) is 17.2 Å². The summed E-state index contributed by atoms with van der Waals surface area (Å²) in [5, 5.41) is 15.1. The Bertz CT molecular complexity index is 1430. The molecule has 2 fully saturated rings. The average Bonchev–Trinajstić information content (AvgIpc) is 3.75. The molecule has 1 aliphatic heterocycles. The zero-order chi connectivity index (χ0) is 29.1. The number of aromatic amines is 1. The molecule has 3 amide bonds. The van der Waals surface area contributed by atoms with Gasteiger partial charge in [-0.25, -0.2) is 0 Å². The number of hydrogen-bond donors (Lipinski definition) is 2. The van der Waals surface area contributed by atoms with Gasteiger partial charge < -0.3 is 20.1 Å². The molecule has 2 aliphatic rings. The number of fused-ring (bicyclic) bond motifs is 1. The van der Waals surface area contributed by atoms with Crippen LogP contribution in [0.5, 0.6) is 0 Å². The minimum absolute atomic E-state index is 0.110. The summed E-state index contributed by atoms with van der Waals surface area (Å²) >= 11 is 0. The molecule has 3 unspecified atom stereocenters. The fourth-order valence-corrected chi connectivity index (χ4v) is 5.87. The molecule has 216 valence electrons. The van der Waals surface area contributed by atoms with E-state index < -0.39 is 16.9 Å². The molecule has 0 spiro atoms. The van der Waals surface area contributed by atoms with E-state index in [0.29, 0.717) is 26.1 Å². The highest BCUT2D eigenvalue weighted by Gasteiger charge is 2.41. The fourth-order valence-electron chi connectivity index (χ4n) is 5.87. The molecule has 0 radical (unpaired) electrons. The number of rotatable bonds is 10. The third kappa shape index (κ3) is 6.11. The molecule has 1 saturated heterocycles. The average molecular weight is 560 g/mol. The van der Waals surface area contributed by atoms with Gasteiger partial charge in [-0.1, -0.05) is 38.0 Å². The number of carbonyl (C=O) groups is 3. The maximum absolute atomic E-state index is 14.3. The number of benzene rings is 2. The lowest BCUT2D eigenvalue weighted by Gasteiger charge is -2.42. The second kappa shape index (κ2) is 12.1. The van der Waals surface area contributed by atoms with Crippen molar-refractivity contribution in [2.24, 2.45) is 5.92 Å². The Morgan fingerprint density at radius 3 is 2.49 bits per heavy atom. The fraction of sp³-hybridized carbons (Fsp3) is 0.452. The van der Waals surface area contributed by atoms with Gasteiger partial charge >= 0.3 is 0 Å². The standard InChI is InChI=1S/C31H37N5O5/c1-3-4-7-25(26-18-32-27-9-6-5-8-24(26)27)28(33-29(37)21-12-14-23(15-13-21)36(40)41)31(39)34-16-17-35(20(2)19-34)30(38)22-10-11-22/h5-6,8-9,12-15,18,20,22,25,28,32H,3-4,7,10-11,16-17,19H2,1-2H3,(H,33,37). The SMILES string of the molecule is CCCCC(c1c[nH]c2ccccc12)C(NC(=O)c1ccc([N+](=O)[O-])cc1)C(=O)N1CCN(C(=O)C2CC2)C(C)C1. The third-order valence-electron chi connectivity index (χ3n) is 8.33. The minimum atomic E-state index is -0.860. The number of hydrogen-bond acceptors (Lipinski definition) is 5. The Labute approximate surface area is 239 Å². The molecule has 2 heterocycles. The summed E-state index contributed by atoms with van der Waals surface area (Å²) in [6.07, 6.45) is 6.27. The second-order valence-corrected chi connectivity index (χ2v) is 11.2. The monoisotopic (exact) mass is 559 g/mol. The van der Waals surface area contributed by atoms with Crippen LogP contribution in [-0.2, 0) is 9.59 Å². The lowest BCUT2D eigenvalue weighted by atomic mass is 9.85. The van der Waals surface area contributed by atoms with E-state index in [0.717, 1.165) is 42.1 Å². The second-order valence-electron chi connectivity index (χ2n) is 11.2. The van der Waals surface area contributed by atoms with Gasteiger partial charge in [-0.2, -0.15) is 0 Å². The summed E-state index contributed by atoms with van der Waals surface area (Å²) < 4.78 is 0. The van der Waals surface area contributed by atoms with Gasteiger partial charge in [0.05, 0.1) is 4.92 Å². The molecule has 1 saturated carbocycles. The van der Waals surface area contributed by atoms with E-state index in [4.69, 9.17) is 0 Å². The zero-order valence-electron chi connectivity index (χ0n) is 23.5. The van der Waals surface area contributed by atoms with Crippen LogP contribution in [0.2, 0.25) is 0 Å². The van der Waals surface area contributed by atoms with Crippen molar-refractivity contribution in [2.45, 2.75) is 64.0 Å². The van der Waals surface area contributed by atoms with Crippen LogP contribution in [-0.4, -0.2) is 69.1 Å². The molecule has 5 rings (SSSR count). The quantitative estimate of drug-likeness (QED) is 0.277. The first-order valence-electron chi connectivity index (χ1n) is 14.5. The predicted molar refractivity (Wildman–Crippen MR) is 155 cm³/mol. The number of amides is 3.